The number of hydrogen-bond acceptors (Lipinski definition) is 5. The van der Waals surface area contributed by atoms with Crippen LogP contribution in [0.15, 0.2) is 40.5 Å². The summed E-state index contributed by atoms with van der Waals surface area (Å²) in [6.45, 7) is 6.23. The van der Waals surface area contributed by atoms with Gasteiger partial charge in [0.2, 0.25) is 5.90 Å². The highest BCUT2D eigenvalue weighted by molar-refractivity contribution is 6.06. The molecule has 0 unspecified atom stereocenters. The van der Waals surface area contributed by atoms with Gasteiger partial charge < -0.3 is 14.2 Å². The number of carbonyl (C=O) groups excluding carboxylic acids is 1. The van der Waals surface area contributed by atoms with Crippen LogP contribution in [0, 0.1) is 5.41 Å². The number of hydrogen-bond donors (Lipinski definition) is 0. The van der Waals surface area contributed by atoms with Gasteiger partial charge in [-0.1, -0.05) is 20.8 Å². The zero-order chi connectivity index (χ0) is 16.6. The number of esters is 1. The van der Waals surface area contributed by atoms with Crippen LogP contribution in [-0.4, -0.2) is 25.6 Å². The minimum atomic E-state index is -0.420. The summed E-state index contributed by atoms with van der Waals surface area (Å²) in [7, 11) is 1.62. The average Bonchev–Trinajstić information content (AvgIpc) is 2.88. The summed E-state index contributed by atoms with van der Waals surface area (Å²) < 4.78 is 16.1. The summed E-state index contributed by atoms with van der Waals surface area (Å²) in [4.78, 5) is 16.3. The van der Waals surface area contributed by atoms with Gasteiger partial charge in [-0.15, -0.1) is 0 Å². The third-order valence-electron chi connectivity index (χ3n) is 3.54. The molecule has 1 aromatic carbocycles. The third-order valence-corrected chi connectivity index (χ3v) is 3.54. The molecule has 0 aliphatic carbocycles. The number of fused-ring (bicyclic) bond motifs is 1. The molecule has 120 valence electrons. The molecule has 0 N–H and O–H groups in total. The normalized spacial score (nSPS) is 18.8. The molecule has 0 atom stereocenters. The third kappa shape index (κ3) is 3.13. The van der Waals surface area contributed by atoms with Gasteiger partial charge in [0.25, 0.3) is 0 Å². The predicted molar refractivity (Wildman–Crippen MR) is 87.5 cm³/mol. The van der Waals surface area contributed by atoms with Gasteiger partial charge in [-0.25, -0.2) is 9.79 Å². The molecule has 0 saturated heterocycles. The smallest absolute Gasteiger partial charge is 0.363 e. The molecule has 0 bridgehead atoms. The Hall–Kier alpha value is -2.56. The second-order valence-corrected chi connectivity index (χ2v) is 6.50. The zero-order valence-corrected chi connectivity index (χ0v) is 13.7. The van der Waals surface area contributed by atoms with Crippen molar-refractivity contribution in [1.29, 1.82) is 0 Å². The van der Waals surface area contributed by atoms with Gasteiger partial charge in [-0.2, -0.15) is 0 Å². The molecule has 1 aromatic rings. The lowest BCUT2D eigenvalue weighted by Crippen LogP contribution is -2.21. The maximum atomic E-state index is 11.9. The fourth-order valence-corrected chi connectivity index (χ4v) is 2.28. The summed E-state index contributed by atoms with van der Waals surface area (Å²) in [5.74, 6) is 1.53. The number of rotatable bonds is 2. The molecule has 2 aliphatic rings. The van der Waals surface area contributed by atoms with Crippen molar-refractivity contribution < 1.29 is 19.0 Å². The first kappa shape index (κ1) is 15.3. The molecule has 3 rings (SSSR count). The largest absolute Gasteiger partial charge is 0.497 e. The molecule has 0 amide bonds. The highest BCUT2D eigenvalue weighted by Crippen LogP contribution is 2.32. The Labute approximate surface area is 135 Å². The second-order valence-electron chi connectivity index (χ2n) is 6.50. The van der Waals surface area contributed by atoms with Gasteiger partial charge >= 0.3 is 5.97 Å². The van der Waals surface area contributed by atoms with Crippen LogP contribution in [0.25, 0.3) is 6.08 Å². The molecule has 2 aliphatic heterocycles. The van der Waals surface area contributed by atoms with Crippen LogP contribution in [0.4, 0.5) is 0 Å². The Morgan fingerprint density at radius 2 is 2.09 bits per heavy atom. The molecule has 5 nitrogen and oxygen atoms in total. The number of ether oxygens (including phenoxy) is 3. The summed E-state index contributed by atoms with van der Waals surface area (Å²) in [6.07, 6.45) is 3.69. The van der Waals surface area contributed by atoms with Crippen molar-refractivity contribution in [3.8, 4) is 11.5 Å². The van der Waals surface area contributed by atoms with Crippen LogP contribution < -0.4 is 9.47 Å². The van der Waals surface area contributed by atoms with Gasteiger partial charge in [0.1, 0.15) is 18.1 Å². The van der Waals surface area contributed by atoms with E-state index < -0.39 is 5.97 Å². The molecule has 0 fully saturated rings. The molecule has 0 spiro atoms. The standard InChI is InChI=1S/C18H19NO4/c1-18(2,3)17-19-14(16(20)23-17)8-11-7-12-5-6-13(21-4)9-15(12)22-10-11/h5-9H,10H2,1-4H3/b14-8+. The van der Waals surface area contributed by atoms with Crippen molar-refractivity contribution in [2.45, 2.75) is 20.8 Å². The Morgan fingerprint density at radius 3 is 2.74 bits per heavy atom. The molecule has 0 saturated carbocycles. The van der Waals surface area contributed by atoms with Crippen molar-refractivity contribution in [3.63, 3.8) is 0 Å². The fraction of sp³-hybridized carbons (Fsp3) is 0.333. The van der Waals surface area contributed by atoms with Crippen LogP contribution >= 0.6 is 0 Å². The average molecular weight is 313 g/mol. The first-order chi connectivity index (χ1) is 10.9. The van der Waals surface area contributed by atoms with Gasteiger partial charge in [0, 0.05) is 17.0 Å². The Morgan fingerprint density at radius 1 is 1.30 bits per heavy atom. The van der Waals surface area contributed by atoms with E-state index in [1.807, 2.05) is 45.0 Å². The second kappa shape index (κ2) is 5.57. The first-order valence-electron chi connectivity index (χ1n) is 7.41. The van der Waals surface area contributed by atoms with E-state index in [1.54, 1.807) is 13.2 Å². The number of methoxy groups -OCH3 is 1. The van der Waals surface area contributed by atoms with E-state index in [4.69, 9.17) is 14.2 Å². The van der Waals surface area contributed by atoms with E-state index in [0.29, 0.717) is 18.2 Å². The highest BCUT2D eigenvalue weighted by Gasteiger charge is 2.31. The van der Waals surface area contributed by atoms with Crippen LogP contribution in [0.2, 0.25) is 0 Å². The van der Waals surface area contributed by atoms with Crippen LogP contribution in [0.1, 0.15) is 26.3 Å². The monoisotopic (exact) mass is 313 g/mol. The summed E-state index contributed by atoms with van der Waals surface area (Å²) in [6, 6.07) is 5.63. The molecular weight excluding hydrogens is 294 g/mol. The van der Waals surface area contributed by atoms with E-state index in [1.165, 1.54) is 0 Å². The predicted octanol–water partition coefficient (Wildman–Crippen LogP) is 3.36. The van der Waals surface area contributed by atoms with Crippen LogP contribution in [0.3, 0.4) is 0 Å². The summed E-state index contributed by atoms with van der Waals surface area (Å²) in [5, 5.41) is 0. The lowest BCUT2D eigenvalue weighted by atomic mass is 9.97. The molecule has 2 heterocycles. The maximum Gasteiger partial charge on any atom is 0.363 e. The van der Waals surface area contributed by atoms with E-state index in [-0.39, 0.29) is 5.41 Å². The van der Waals surface area contributed by atoms with Gasteiger partial charge in [0.05, 0.1) is 7.11 Å². The number of carbonyl (C=O) groups is 1. The van der Waals surface area contributed by atoms with E-state index >= 15 is 0 Å². The highest BCUT2D eigenvalue weighted by atomic mass is 16.6. The molecule has 0 radical (unpaired) electrons. The molecular formula is C18H19NO4. The van der Waals surface area contributed by atoms with Gasteiger partial charge in [-0.3, -0.25) is 0 Å². The molecule has 0 aromatic heterocycles. The lowest BCUT2D eigenvalue weighted by molar-refractivity contribution is -0.130. The van der Waals surface area contributed by atoms with Crippen molar-refractivity contribution in [2.24, 2.45) is 10.4 Å². The minimum absolute atomic E-state index is 0.300. The Bertz CT molecular complexity index is 751. The summed E-state index contributed by atoms with van der Waals surface area (Å²) in [5.41, 5.74) is 1.82. The Kier molecular flexibility index (Phi) is 3.72. The van der Waals surface area contributed by atoms with Crippen molar-refractivity contribution in [1.82, 2.24) is 0 Å². The number of aliphatic imine (C=N–C) groups is 1. The number of cyclic esters (lactones) is 1. The van der Waals surface area contributed by atoms with Crippen LogP contribution in [-0.2, 0) is 9.53 Å². The van der Waals surface area contributed by atoms with E-state index in [9.17, 15) is 4.79 Å². The number of nitrogens with zero attached hydrogens (tertiary/aromatic N) is 1. The van der Waals surface area contributed by atoms with E-state index in [2.05, 4.69) is 4.99 Å². The van der Waals surface area contributed by atoms with Crippen molar-refractivity contribution in [3.05, 3.63) is 41.1 Å². The fourth-order valence-electron chi connectivity index (χ4n) is 2.28. The quantitative estimate of drug-likeness (QED) is 0.620. The Balaban J connectivity index is 1.90. The first-order valence-corrected chi connectivity index (χ1v) is 7.41. The number of benzene rings is 1. The van der Waals surface area contributed by atoms with Crippen molar-refractivity contribution in [2.75, 3.05) is 13.7 Å². The zero-order valence-electron chi connectivity index (χ0n) is 13.7. The summed E-state index contributed by atoms with van der Waals surface area (Å²) >= 11 is 0. The lowest BCUT2D eigenvalue weighted by Gasteiger charge is -2.16. The molecule has 5 heteroatoms. The van der Waals surface area contributed by atoms with Gasteiger partial charge in [-0.05, 0) is 29.9 Å². The van der Waals surface area contributed by atoms with Crippen LogP contribution in [0.5, 0.6) is 11.5 Å². The maximum absolute atomic E-state index is 11.9. The SMILES string of the molecule is COc1ccc2c(c1)OCC(/C=C1/N=C(C(C)(C)C)OC1=O)=C2. The van der Waals surface area contributed by atoms with Crippen molar-refractivity contribution >= 4 is 17.9 Å². The van der Waals surface area contributed by atoms with E-state index in [0.717, 1.165) is 22.6 Å². The van der Waals surface area contributed by atoms with Gasteiger partial charge in [0.15, 0.2) is 5.70 Å². The molecule has 23 heavy (non-hydrogen) atoms. The minimum Gasteiger partial charge on any atom is -0.497 e. The topological polar surface area (TPSA) is 57.1 Å².